The highest BCUT2D eigenvalue weighted by Crippen LogP contribution is 2.03. The molecule has 6 heteroatoms. The zero-order chi connectivity index (χ0) is 12.1. The Kier molecular flexibility index (Phi) is 3.87. The highest BCUT2D eigenvalue weighted by Gasteiger charge is 2.05. The number of nitrogens with one attached hydrogen (secondary N) is 1. The van der Waals surface area contributed by atoms with E-state index in [4.69, 9.17) is 0 Å². The molecule has 0 aliphatic rings. The minimum absolute atomic E-state index is 0.723. The third kappa shape index (κ3) is 2.91. The molecular weight excluding hydrogens is 216 g/mol. The van der Waals surface area contributed by atoms with Gasteiger partial charge in [0.2, 0.25) is 0 Å². The second kappa shape index (κ2) is 5.58. The maximum Gasteiger partial charge on any atom is 0.141 e. The molecule has 0 spiro atoms. The molecule has 1 N–H and O–H groups in total. The van der Waals surface area contributed by atoms with Crippen LogP contribution in [0.1, 0.15) is 25.2 Å². The average molecular weight is 234 g/mol. The van der Waals surface area contributed by atoms with Gasteiger partial charge < -0.3 is 5.32 Å². The molecule has 0 bridgehead atoms. The summed E-state index contributed by atoms with van der Waals surface area (Å²) < 4.78 is 3.82. The van der Waals surface area contributed by atoms with Gasteiger partial charge in [-0.25, -0.2) is 9.67 Å². The minimum atomic E-state index is 0.723. The maximum absolute atomic E-state index is 4.25. The maximum atomic E-state index is 4.25. The zero-order valence-corrected chi connectivity index (χ0v) is 10.3. The zero-order valence-electron chi connectivity index (χ0n) is 10.3. The third-order valence-electron chi connectivity index (χ3n) is 2.57. The summed E-state index contributed by atoms with van der Waals surface area (Å²) in [5.74, 6) is 0.955. The second-order valence-corrected chi connectivity index (χ2v) is 3.82. The van der Waals surface area contributed by atoms with Crippen molar-refractivity contribution >= 4 is 0 Å². The van der Waals surface area contributed by atoms with E-state index in [9.17, 15) is 0 Å². The van der Waals surface area contributed by atoms with E-state index in [0.717, 1.165) is 37.6 Å². The summed E-state index contributed by atoms with van der Waals surface area (Å²) >= 11 is 0. The van der Waals surface area contributed by atoms with Crippen LogP contribution in [0.2, 0.25) is 0 Å². The van der Waals surface area contributed by atoms with Crippen molar-refractivity contribution in [1.29, 1.82) is 0 Å². The Morgan fingerprint density at radius 2 is 2.18 bits per heavy atom. The molecule has 17 heavy (non-hydrogen) atoms. The Labute approximate surface area is 101 Å². The molecule has 2 heterocycles. The predicted octanol–water partition coefficient (Wildman–Crippen LogP) is 0.652. The van der Waals surface area contributed by atoms with Gasteiger partial charge in [0, 0.05) is 18.3 Å². The van der Waals surface area contributed by atoms with Crippen LogP contribution in [-0.4, -0.2) is 31.1 Å². The van der Waals surface area contributed by atoms with Crippen molar-refractivity contribution < 1.29 is 0 Å². The molecule has 6 nitrogen and oxygen atoms in total. The molecule has 0 aliphatic heterocycles. The molecular formula is C11H18N6. The number of rotatable bonds is 6. The Morgan fingerprint density at radius 3 is 2.88 bits per heavy atom. The van der Waals surface area contributed by atoms with E-state index in [1.54, 1.807) is 6.33 Å². The van der Waals surface area contributed by atoms with Gasteiger partial charge >= 0.3 is 0 Å². The van der Waals surface area contributed by atoms with Gasteiger partial charge in [0.1, 0.15) is 12.2 Å². The molecule has 2 aromatic heterocycles. The first-order chi connectivity index (χ1) is 8.33. The lowest BCUT2D eigenvalue weighted by Gasteiger charge is -2.04. The number of hydrogen-bond acceptors (Lipinski definition) is 4. The van der Waals surface area contributed by atoms with Crippen molar-refractivity contribution in [1.82, 2.24) is 29.9 Å². The van der Waals surface area contributed by atoms with E-state index >= 15 is 0 Å². The minimum Gasteiger partial charge on any atom is -0.310 e. The van der Waals surface area contributed by atoms with Crippen molar-refractivity contribution in [3.05, 3.63) is 30.1 Å². The quantitative estimate of drug-likeness (QED) is 0.797. The van der Waals surface area contributed by atoms with Gasteiger partial charge in [-0.05, 0) is 13.5 Å². The number of aromatic nitrogens is 5. The van der Waals surface area contributed by atoms with Crippen LogP contribution in [0.3, 0.4) is 0 Å². The third-order valence-corrected chi connectivity index (χ3v) is 2.57. The van der Waals surface area contributed by atoms with Crippen molar-refractivity contribution in [2.24, 2.45) is 0 Å². The highest BCUT2D eigenvalue weighted by molar-refractivity contribution is 5.05. The lowest BCUT2D eigenvalue weighted by molar-refractivity contribution is 0.594. The number of nitrogens with zero attached hydrogens (tertiary/aromatic N) is 5. The van der Waals surface area contributed by atoms with Gasteiger partial charge in [-0.1, -0.05) is 6.92 Å². The van der Waals surface area contributed by atoms with Crippen molar-refractivity contribution in [3.63, 3.8) is 0 Å². The molecule has 0 radical (unpaired) electrons. The van der Waals surface area contributed by atoms with Crippen LogP contribution in [0.15, 0.2) is 18.7 Å². The van der Waals surface area contributed by atoms with Crippen LogP contribution in [0.25, 0.3) is 0 Å². The van der Waals surface area contributed by atoms with E-state index in [1.807, 2.05) is 21.8 Å². The predicted molar refractivity (Wildman–Crippen MR) is 64.4 cm³/mol. The van der Waals surface area contributed by atoms with E-state index < -0.39 is 0 Å². The second-order valence-electron chi connectivity index (χ2n) is 3.82. The monoisotopic (exact) mass is 234 g/mol. The molecule has 0 atom stereocenters. The van der Waals surface area contributed by atoms with E-state index in [1.165, 1.54) is 0 Å². The Balaban J connectivity index is 2.04. The summed E-state index contributed by atoms with van der Waals surface area (Å²) in [5, 5.41) is 11.7. The van der Waals surface area contributed by atoms with Crippen molar-refractivity contribution in [3.8, 4) is 0 Å². The first-order valence-electron chi connectivity index (χ1n) is 5.92. The molecule has 92 valence electrons. The van der Waals surface area contributed by atoms with Crippen LogP contribution in [-0.2, 0) is 19.6 Å². The molecule has 0 aromatic carbocycles. The van der Waals surface area contributed by atoms with Gasteiger partial charge in [0.25, 0.3) is 0 Å². The first kappa shape index (κ1) is 11.8. The molecule has 0 amide bonds. The van der Waals surface area contributed by atoms with Crippen LogP contribution in [0.5, 0.6) is 0 Å². The molecule has 0 saturated carbocycles. The van der Waals surface area contributed by atoms with Gasteiger partial charge in [-0.2, -0.15) is 10.2 Å². The fraction of sp³-hybridized carbons (Fsp3) is 0.545. The Bertz CT molecular complexity index is 458. The average Bonchev–Trinajstić information content (AvgIpc) is 2.96. The van der Waals surface area contributed by atoms with Crippen LogP contribution < -0.4 is 5.32 Å². The highest BCUT2D eigenvalue weighted by atomic mass is 15.3. The van der Waals surface area contributed by atoms with Crippen molar-refractivity contribution in [2.75, 3.05) is 6.54 Å². The number of aryl methyl sites for hydroxylation is 1. The smallest absolute Gasteiger partial charge is 0.141 e. The van der Waals surface area contributed by atoms with Crippen LogP contribution in [0.4, 0.5) is 0 Å². The van der Waals surface area contributed by atoms with Gasteiger partial charge in [-0.3, -0.25) is 4.68 Å². The molecule has 0 aliphatic carbocycles. The summed E-state index contributed by atoms with van der Waals surface area (Å²) in [7, 11) is 0. The standard InChI is InChI=1S/C11H18N6/c1-3-12-6-11-13-9-15-17(11)8-10-5-14-16(4-2)7-10/h5,7,9,12H,3-4,6,8H2,1-2H3. The fourth-order valence-electron chi connectivity index (χ4n) is 1.63. The first-order valence-corrected chi connectivity index (χ1v) is 5.92. The van der Waals surface area contributed by atoms with Gasteiger partial charge in [0.15, 0.2) is 0 Å². The fourth-order valence-corrected chi connectivity index (χ4v) is 1.63. The number of hydrogen-bond donors (Lipinski definition) is 1. The van der Waals surface area contributed by atoms with Crippen LogP contribution >= 0.6 is 0 Å². The molecule has 0 fully saturated rings. The Morgan fingerprint density at radius 1 is 1.29 bits per heavy atom. The molecule has 0 saturated heterocycles. The summed E-state index contributed by atoms with van der Waals surface area (Å²) in [6, 6.07) is 0. The van der Waals surface area contributed by atoms with Crippen LogP contribution in [0, 0.1) is 0 Å². The summed E-state index contributed by atoms with van der Waals surface area (Å²) in [6.45, 7) is 7.44. The Hall–Kier alpha value is -1.69. The van der Waals surface area contributed by atoms with E-state index in [-0.39, 0.29) is 0 Å². The lowest BCUT2D eigenvalue weighted by Crippen LogP contribution is -2.17. The lowest BCUT2D eigenvalue weighted by atomic mass is 10.3. The largest absolute Gasteiger partial charge is 0.310 e. The molecule has 2 aromatic rings. The van der Waals surface area contributed by atoms with E-state index in [2.05, 4.69) is 34.3 Å². The summed E-state index contributed by atoms with van der Waals surface area (Å²) in [5.41, 5.74) is 1.15. The van der Waals surface area contributed by atoms with Gasteiger partial charge in [-0.15, -0.1) is 0 Å². The van der Waals surface area contributed by atoms with E-state index in [0.29, 0.717) is 0 Å². The summed E-state index contributed by atoms with van der Waals surface area (Å²) in [4.78, 5) is 4.24. The topological polar surface area (TPSA) is 60.6 Å². The van der Waals surface area contributed by atoms with Crippen molar-refractivity contribution in [2.45, 2.75) is 33.5 Å². The molecule has 0 unspecified atom stereocenters. The molecule has 2 rings (SSSR count). The van der Waals surface area contributed by atoms with Gasteiger partial charge in [0.05, 0.1) is 19.3 Å². The summed E-state index contributed by atoms with van der Waals surface area (Å²) in [6.07, 6.45) is 5.51. The SMILES string of the molecule is CCNCc1ncnn1Cc1cnn(CC)c1. The normalized spacial score (nSPS) is 10.9.